The fourth-order valence-corrected chi connectivity index (χ4v) is 0.831. The van der Waals surface area contributed by atoms with Gasteiger partial charge in [-0.25, -0.2) is 10.2 Å². The largest absolute Gasteiger partial charge is 0.474 e. The van der Waals surface area contributed by atoms with Gasteiger partial charge < -0.3 is 21.0 Å². The van der Waals surface area contributed by atoms with E-state index in [2.05, 4.69) is 5.10 Å². The highest BCUT2D eigenvalue weighted by Gasteiger charge is 2.17. The minimum atomic E-state index is -0.810. The minimum Gasteiger partial charge on any atom is -0.474 e. The molecule has 7 heteroatoms. The van der Waals surface area contributed by atoms with Crippen LogP contribution < -0.4 is 16.9 Å². The molecule has 0 aliphatic heterocycles. The molecular formula is C9H18N4O3. The average molecular weight is 230 g/mol. The van der Waals surface area contributed by atoms with Gasteiger partial charge in [0.05, 0.1) is 6.04 Å². The number of aldehydes is 1. The smallest absolute Gasteiger partial charge is 0.332 e. The second kappa shape index (κ2) is 6.06. The van der Waals surface area contributed by atoms with Crippen LogP contribution in [-0.4, -0.2) is 29.9 Å². The summed E-state index contributed by atoms with van der Waals surface area (Å²) in [6.07, 6.45) is 0.673. The third-order valence-corrected chi connectivity index (χ3v) is 1.30. The van der Waals surface area contributed by atoms with Crippen LogP contribution in [0.15, 0.2) is 5.10 Å². The molecule has 2 amide bonds. The number of urea groups is 1. The Bertz CT molecular complexity index is 283. The number of hydrogen-bond acceptors (Lipinski definition) is 5. The molecule has 16 heavy (non-hydrogen) atoms. The molecule has 92 valence electrons. The highest BCUT2D eigenvalue weighted by molar-refractivity contribution is 5.82. The van der Waals surface area contributed by atoms with Gasteiger partial charge in [0.2, 0.25) is 5.90 Å². The van der Waals surface area contributed by atoms with Crippen molar-refractivity contribution < 1.29 is 14.3 Å². The Kier molecular flexibility index (Phi) is 5.44. The lowest BCUT2D eigenvalue weighted by molar-refractivity contribution is -0.108. The number of nitrogens with zero attached hydrogens (tertiary/aromatic N) is 1. The molecule has 0 aromatic carbocycles. The molecule has 1 unspecified atom stereocenters. The van der Waals surface area contributed by atoms with Crippen molar-refractivity contribution in [3.05, 3.63) is 0 Å². The van der Waals surface area contributed by atoms with E-state index >= 15 is 0 Å². The van der Waals surface area contributed by atoms with E-state index in [4.69, 9.17) is 16.2 Å². The number of ether oxygens (including phenoxy) is 1. The summed E-state index contributed by atoms with van der Waals surface area (Å²) in [6.45, 7) is 5.41. The first-order valence-electron chi connectivity index (χ1n) is 4.76. The van der Waals surface area contributed by atoms with E-state index in [0.717, 1.165) is 0 Å². The number of carbonyl (C=O) groups is 2. The molecule has 0 rings (SSSR count). The molecule has 0 heterocycles. The maximum atomic E-state index is 10.5. The predicted molar refractivity (Wildman–Crippen MR) is 59.6 cm³/mol. The van der Waals surface area contributed by atoms with Crippen molar-refractivity contribution in [1.29, 1.82) is 0 Å². The molecule has 7 nitrogen and oxygen atoms in total. The number of amides is 2. The minimum absolute atomic E-state index is 0.0983. The van der Waals surface area contributed by atoms with Crippen LogP contribution >= 0.6 is 0 Å². The molecule has 0 spiro atoms. The Labute approximate surface area is 94.2 Å². The Balaban J connectivity index is 4.56. The van der Waals surface area contributed by atoms with Crippen molar-refractivity contribution in [1.82, 2.24) is 5.43 Å². The lowest BCUT2D eigenvalue weighted by Gasteiger charge is -2.22. The Morgan fingerprint density at radius 2 is 2.12 bits per heavy atom. The Hall–Kier alpha value is -1.63. The van der Waals surface area contributed by atoms with Crippen LogP contribution in [-0.2, 0) is 9.53 Å². The van der Waals surface area contributed by atoms with E-state index in [0.29, 0.717) is 6.29 Å². The second-order valence-corrected chi connectivity index (χ2v) is 4.20. The molecule has 0 saturated heterocycles. The third kappa shape index (κ3) is 7.74. The molecule has 1 atom stereocenters. The summed E-state index contributed by atoms with van der Waals surface area (Å²) in [5, 5.41) is 3.63. The number of rotatable bonds is 4. The molecule has 0 fully saturated rings. The first-order chi connectivity index (χ1) is 7.24. The maximum Gasteiger partial charge on any atom is 0.332 e. The molecule has 0 aromatic heterocycles. The molecule has 0 saturated carbocycles. The van der Waals surface area contributed by atoms with Gasteiger partial charge in [-0.2, -0.15) is 0 Å². The quantitative estimate of drug-likeness (QED) is 0.266. The zero-order valence-electron chi connectivity index (χ0n) is 9.69. The maximum absolute atomic E-state index is 10.5. The Morgan fingerprint density at radius 1 is 1.56 bits per heavy atom. The normalized spacial score (nSPS) is 14.1. The van der Waals surface area contributed by atoms with Crippen molar-refractivity contribution in [3.8, 4) is 0 Å². The highest BCUT2D eigenvalue weighted by atomic mass is 16.5. The van der Waals surface area contributed by atoms with Gasteiger partial charge in [-0.15, -0.1) is 5.10 Å². The first kappa shape index (κ1) is 14.4. The third-order valence-electron chi connectivity index (χ3n) is 1.30. The van der Waals surface area contributed by atoms with Gasteiger partial charge in [0.1, 0.15) is 11.9 Å². The van der Waals surface area contributed by atoms with Gasteiger partial charge in [-0.3, -0.25) is 0 Å². The number of nitrogens with one attached hydrogen (secondary N) is 1. The van der Waals surface area contributed by atoms with Gasteiger partial charge in [0.25, 0.3) is 0 Å². The fraction of sp³-hybridized carbons (Fsp3) is 0.667. The van der Waals surface area contributed by atoms with Crippen LogP contribution in [0.25, 0.3) is 0 Å². The molecule has 0 aliphatic carbocycles. The van der Waals surface area contributed by atoms with E-state index in [1.54, 1.807) is 20.8 Å². The predicted octanol–water partition coefficient (Wildman–Crippen LogP) is -0.300. The van der Waals surface area contributed by atoms with Crippen molar-refractivity contribution >= 4 is 18.2 Å². The fourth-order valence-electron chi connectivity index (χ4n) is 0.831. The first-order valence-corrected chi connectivity index (χ1v) is 4.76. The second-order valence-electron chi connectivity index (χ2n) is 4.20. The van der Waals surface area contributed by atoms with Gasteiger partial charge in [0, 0.05) is 6.42 Å². The van der Waals surface area contributed by atoms with Crippen LogP contribution in [0.4, 0.5) is 4.79 Å². The van der Waals surface area contributed by atoms with Crippen LogP contribution in [0.3, 0.4) is 0 Å². The summed E-state index contributed by atoms with van der Waals surface area (Å²) in [5.41, 5.74) is 11.8. The van der Waals surface area contributed by atoms with Crippen LogP contribution in [0.5, 0.6) is 0 Å². The standard InChI is InChI=1S/C9H18N4O3/c1-9(2,3)16-7(4-6(10)5-14)12-13-8(11)15/h5-6H,4,10H2,1-3H3,(H3,11,13,15). The summed E-state index contributed by atoms with van der Waals surface area (Å²) in [6, 6.07) is -1.54. The van der Waals surface area contributed by atoms with Crippen LogP contribution in [0.2, 0.25) is 0 Å². The Morgan fingerprint density at radius 3 is 2.50 bits per heavy atom. The van der Waals surface area contributed by atoms with Crippen molar-refractivity contribution in [2.75, 3.05) is 0 Å². The molecule has 0 bridgehead atoms. The van der Waals surface area contributed by atoms with Crippen molar-refractivity contribution in [3.63, 3.8) is 0 Å². The number of carbonyl (C=O) groups excluding carboxylic acids is 2. The zero-order valence-corrected chi connectivity index (χ0v) is 9.69. The van der Waals surface area contributed by atoms with Crippen molar-refractivity contribution in [2.24, 2.45) is 16.6 Å². The number of hydrazone groups is 1. The van der Waals surface area contributed by atoms with Crippen LogP contribution in [0.1, 0.15) is 27.2 Å². The number of hydrogen-bond donors (Lipinski definition) is 3. The summed E-state index contributed by atoms with van der Waals surface area (Å²) in [5.74, 6) is 0.158. The molecule has 0 radical (unpaired) electrons. The van der Waals surface area contributed by atoms with E-state index in [1.165, 1.54) is 0 Å². The summed E-state index contributed by atoms with van der Waals surface area (Å²) in [7, 11) is 0. The molecule has 5 N–H and O–H groups in total. The number of primary amides is 1. The van der Waals surface area contributed by atoms with Gasteiger partial charge >= 0.3 is 6.03 Å². The van der Waals surface area contributed by atoms with E-state index in [1.807, 2.05) is 5.43 Å². The topological polar surface area (TPSA) is 120 Å². The van der Waals surface area contributed by atoms with Crippen molar-refractivity contribution in [2.45, 2.75) is 38.8 Å². The van der Waals surface area contributed by atoms with E-state index < -0.39 is 17.7 Å². The average Bonchev–Trinajstić information content (AvgIpc) is 2.11. The molecular weight excluding hydrogens is 212 g/mol. The summed E-state index contributed by atoms with van der Waals surface area (Å²) < 4.78 is 5.40. The lowest BCUT2D eigenvalue weighted by atomic mass is 10.2. The summed E-state index contributed by atoms with van der Waals surface area (Å²) in [4.78, 5) is 20.9. The highest BCUT2D eigenvalue weighted by Crippen LogP contribution is 2.09. The van der Waals surface area contributed by atoms with E-state index in [-0.39, 0.29) is 12.3 Å². The van der Waals surface area contributed by atoms with Gasteiger partial charge in [-0.1, -0.05) is 0 Å². The van der Waals surface area contributed by atoms with Gasteiger partial charge in [0.15, 0.2) is 0 Å². The molecule has 0 aromatic rings. The van der Waals surface area contributed by atoms with Crippen LogP contribution in [0, 0.1) is 0 Å². The van der Waals surface area contributed by atoms with E-state index in [9.17, 15) is 9.59 Å². The number of nitrogens with two attached hydrogens (primary N) is 2. The lowest BCUT2D eigenvalue weighted by Crippen LogP contribution is -2.34. The van der Waals surface area contributed by atoms with Gasteiger partial charge in [-0.05, 0) is 20.8 Å². The molecule has 0 aliphatic rings. The summed E-state index contributed by atoms with van der Waals surface area (Å²) >= 11 is 0. The monoisotopic (exact) mass is 230 g/mol. The zero-order chi connectivity index (χ0) is 12.8. The SMILES string of the molecule is CC(C)(C)OC(CC(N)C=O)=NNC(N)=O.